The molecule has 1 aromatic carbocycles. The Bertz CT molecular complexity index is 1400. The van der Waals surface area contributed by atoms with E-state index >= 15 is 0 Å². The zero-order valence-electron chi connectivity index (χ0n) is 19.9. The number of anilines is 2. The SMILES string of the molecule is Cc1c(Nc2ccc(S(=O)(=O)C3CC3)cc2Cl)ncnc1O[C@H]1CC2CC[C@@H](C1)N2S(=O)(=O)C1CC1. The molecule has 2 bridgehead atoms. The number of benzene rings is 1. The van der Waals surface area contributed by atoms with E-state index in [1.807, 2.05) is 6.92 Å². The summed E-state index contributed by atoms with van der Waals surface area (Å²) in [5.74, 6) is 0.955. The van der Waals surface area contributed by atoms with Gasteiger partial charge in [-0.2, -0.15) is 4.31 Å². The van der Waals surface area contributed by atoms with E-state index in [0.29, 0.717) is 48.6 Å². The molecule has 2 aliphatic heterocycles. The minimum atomic E-state index is -3.33. The number of rotatable bonds is 8. The van der Waals surface area contributed by atoms with Gasteiger partial charge < -0.3 is 10.1 Å². The number of halogens is 1. The maximum absolute atomic E-state index is 12.9. The third kappa shape index (κ3) is 4.37. The van der Waals surface area contributed by atoms with E-state index in [2.05, 4.69) is 15.3 Å². The van der Waals surface area contributed by atoms with Crippen LogP contribution >= 0.6 is 11.6 Å². The van der Waals surface area contributed by atoms with Crippen LogP contribution in [0.25, 0.3) is 0 Å². The van der Waals surface area contributed by atoms with Crippen LogP contribution in [0.2, 0.25) is 5.02 Å². The van der Waals surface area contributed by atoms with E-state index in [4.69, 9.17) is 16.3 Å². The first-order valence-electron chi connectivity index (χ1n) is 12.5. The normalized spacial score (nSPS) is 26.7. The number of aromatic nitrogens is 2. The number of hydrogen-bond donors (Lipinski definition) is 1. The maximum atomic E-state index is 12.9. The van der Waals surface area contributed by atoms with Crippen molar-refractivity contribution in [1.29, 1.82) is 0 Å². The Balaban J connectivity index is 1.16. The molecule has 3 atom stereocenters. The second-order valence-electron chi connectivity index (χ2n) is 10.3. The summed E-state index contributed by atoms with van der Waals surface area (Å²) in [6, 6.07) is 4.67. The number of hydrogen-bond acceptors (Lipinski definition) is 8. The van der Waals surface area contributed by atoms with Gasteiger partial charge in [0.15, 0.2) is 9.84 Å². The number of nitrogens with one attached hydrogen (secondary N) is 1. The minimum Gasteiger partial charge on any atom is -0.474 e. The molecule has 36 heavy (non-hydrogen) atoms. The molecule has 2 saturated heterocycles. The molecular formula is C24H29ClN4O5S2. The lowest BCUT2D eigenvalue weighted by atomic mass is 10.0. The highest BCUT2D eigenvalue weighted by Gasteiger charge is 2.52. The molecule has 0 amide bonds. The average molecular weight is 553 g/mol. The highest BCUT2D eigenvalue weighted by molar-refractivity contribution is 7.92. The van der Waals surface area contributed by atoms with Crippen molar-refractivity contribution in [2.45, 2.75) is 91.9 Å². The molecule has 3 heterocycles. The standard InChI is InChI=1S/C24H29ClN4O5S2/c1-14-23(28-22-9-8-20(12-21(22)25)35(30,31)18-4-5-18)26-13-27-24(14)34-17-10-15-2-3-16(11-17)29(15)36(32,33)19-6-7-19/h8-9,12-13,15-19H,2-7,10-11H2,1H3,(H,26,27,28)/t15-,16?,17+/m0/s1. The third-order valence-electron chi connectivity index (χ3n) is 7.66. The van der Waals surface area contributed by atoms with Gasteiger partial charge in [-0.3, -0.25) is 0 Å². The van der Waals surface area contributed by atoms with Gasteiger partial charge in [0.2, 0.25) is 15.9 Å². The molecule has 12 heteroatoms. The van der Waals surface area contributed by atoms with Crippen molar-refractivity contribution in [3.8, 4) is 5.88 Å². The molecule has 2 aromatic rings. The van der Waals surface area contributed by atoms with Gasteiger partial charge in [-0.25, -0.2) is 26.8 Å². The predicted octanol–water partition coefficient (Wildman–Crippen LogP) is 3.98. The second-order valence-corrected chi connectivity index (χ2v) is 15.1. The molecule has 1 N–H and O–H groups in total. The Hall–Kier alpha value is -1.95. The molecule has 9 nitrogen and oxygen atoms in total. The monoisotopic (exact) mass is 552 g/mol. The van der Waals surface area contributed by atoms with E-state index in [1.54, 1.807) is 16.4 Å². The summed E-state index contributed by atoms with van der Waals surface area (Å²) in [5.41, 5.74) is 1.24. The maximum Gasteiger partial charge on any atom is 0.221 e. The zero-order chi connectivity index (χ0) is 25.2. The van der Waals surface area contributed by atoms with Crippen molar-refractivity contribution in [3.05, 3.63) is 35.1 Å². The van der Waals surface area contributed by atoms with Gasteiger partial charge in [-0.05, 0) is 63.6 Å². The number of sulfonamides is 1. The Morgan fingerprint density at radius 3 is 2.25 bits per heavy atom. The molecule has 4 aliphatic rings. The number of ether oxygens (including phenoxy) is 1. The summed E-state index contributed by atoms with van der Waals surface area (Å²) in [6.07, 6.45) is 7.27. The van der Waals surface area contributed by atoms with Gasteiger partial charge in [0, 0.05) is 24.9 Å². The summed E-state index contributed by atoms with van der Waals surface area (Å²) in [6.45, 7) is 1.85. The van der Waals surface area contributed by atoms with Crippen LogP contribution in [-0.2, 0) is 19.9 Å². The predicted molar refractivity (Wildman–Crippen MR) is 136 cm³/mol. The van der Waals surface area contributed by atoms with Crippen LogP contribution in [0, 0.1) is 6.92 Å². The molecule has 194 valence electrons. The summed E-state index contributed by atoms with van der Waals surface area (Å²) in [4.78, 5) is 8.88. The average Bonchev–Trinajstić information content (AvgIpc) is 3.73. The molecule has 4 fully saturated rings. The minimum absolute atomic E-state index is 0.0108. The first-order chi connectivity index (χ1) is 17.1. The highest BCUT2D eigenvalue weighted by atomic mass is 35.5. The molecular weight excluding hydrogens is 524 g/mol. The number of piperidine rings is 1. The summed E-state index contributed by atoms with van der Waals surface area (Å²) in [7, 11) is -6.52. The van der Waals surface area contributed by atoms with E-state index in [0.717, 1.165) is 25.7 Å². The largest absolute Gasteiger partial charge is 0.474 e. The Morgan fingerprint density at radius 1 is 0.972 bits per heavy atom. The fourth-order valence-corrected chi connectivity index (χ4v) is 9.71. The molecule has 2 aliphatic carbocycles. The van der Waals surface area contributed by atoms with Gasteiger partial charge in [0.05, 0.1) is 31.7 Å². The fraction of sp³-hybridized carbons (Fsp3) is 0.583. The lowest BCUT2D eigenvalue weighted by molar-refractivity contribution is 0.0910. The van der Waals surface area contributed by atoms with Gasteiger partial charge in [-0.15, -0.1) is 0 Å². The van der Waals surface area contributed by atoms with Gasteiger partial charge in [0.1, 0.15) is 18.2 Å². The molecule has 6 rings (SSSR count). The number of fused-ring (bicyclic) bond motifs is 2. The van der Waals surface area contributed by atoms with Crippen molar-refractivity contribution in [2.24, 2.45) is 0 Å². The van der Waals surface area contributed by atoms with Crippen LogP contribution in [0.15, 0.2) is 29.4 Å². The molecule has 1 unspecified atom stereocenters. The quantitative estimate of drug-likeness (QED) is 0.522. The van der Waals surface area contributed by atoms with Crippen molar-refractivity contribution in [2.75, 3.05) is 5.32 Å². The van der Waals surface area contributed by atoms with Crippen molar-refractivity contribution >= 4 is 43.0 Å². The van der Waals surface area contributed by atoms with Gasteiger partial charge in [0.25, 0.3) is 0 Å². The Labute approximate surface area is 216 Å². The van der Waals surface area contributed by atoms with Crippen molar-refractivity contribution in [1.82, 2.24) is 14.3 Å². The topological polar surface area (TPSA) is 119 Å². The molecule has 0 radical (unpaired) electrons. The van der Waals surface area contributed by atoms with Crippen LogP contribution < -0.4 is 10.1 Å². The van der Waals surface area contributed by atoms with E-state index in [-0.39, 0.29) is 38.6 Å². The van der Waals surface area contributed by atoms with E-state index in [1.165, 1.54) is 12.4 Å². The van der Waals surface area contributed by atoms with E-state index < -0.39 is 19.9 Å². The van der Waals surface area contributed by atoms with Gasteiger partial charge in [-0.1, -0.05) is 11.6 Å². The lowest BCUT2D eigenvalue weighted by Gasteiger charge is -2.37. The summed E-state index contributed by atoms with van der Waals surface area (Å²) in [5, 5.41) is 2.97. The Morgan fingerprint density at radius 2 is 1.64 bits per heavy atom. The summed E-state index contributed by atoms with van der Waals surface area (Å²) < 4.78 is 58.9. The van der Waals surface area contributed by atoms with Crippen molar-refractivity contribution < 1.29 is 21.6 Å². The first kappa shape index (κ1) is 24.4. The smallest absolute Gasteiger partial charge is 0.221 e. The van der Waals surface area contributed by atoms with Crippen LogP contribution in [0.3, 0.4) is 0 Å². The van der Waals surface area contributed by atoms with Crippen LogP contribution in [0.5, 0.6) is 5.88 Å². The molecule has 1 aromatic heterocycles. The first-order valence-corrected chi connectivity index (χ1v) is 15.9. The van der Waals surface area contributed by atoms with Crippen LogP contribution in [0.4, 0.5) is 11.5 Å². The van der Waals surface area contributed by atoms with Crippen LogP contribution in [-0.4, -0.2) is 59.8 Å². The lowest BCUT2D eigenvalue weighted by Crippen LogP contribution is -2.50. The Kier molecular flexibility index (Phi) is 5.97. The third-order valence-corrected chi connectivity index (χ3v) is 12.7. The fourth-order valence-electron chi connectivity index (χ4n) is 5.44. The molecule has 0 spiro atoms. The number of nitrogens with zero attached hydrogens (tertiary/aromatic N) is 3. The summed E-state index contributed by atoms with van der Waals surface area (Å²) >= 11 is 6.42. The second kappa shape index (κ2) is 8.82. The highest BCUT2D eigenvalue weighted by Crippen LogP contribution is 2.44. The molecule has 2 saturated carbocycles. The zero-order valence-corrected chi connectivity index (χ0v) is 22.3. The number of sulfone groups is 1. The van der Waals surface area contributed by atoms with Crippen molar-refractivity contribution in [3.63, 3.8) is 0 Å². The van der Waals surface area contributed by atoms with Crippen LogP contribution in [0.1, 0.15) is 56.9 Å². The van der Waals surface area contributed by atoms with Gasteiger partial charge >= 0.3 is 0 Å². The van der Waals surface area contributed by atoms with E-state index in [9.17, 15) is 16.8 Å².